The molecule has 0 unspecified atom stereocenters. The van der Waals surface area contributed by atoms with Gasteiger partial charge in [-0.2, -0.15) is 0 Å². The molecule has 3 heteroatoms. The summed E-state index contributed by atoms with van der Waals surface area (Å²) < 4.78 is 1.43. The highest BCUT2D eigenvalue weighted by molar-refractivity contribution is 14.1. The number of likely N-dealkylation sites (N-methyl/N-ethyl adjacent to an activating group) is 1. The van der Waals surface area contributed by atoms with Gasteiger partial charge in [0.2, 0.25) is 0 Å². The molecule has 0 radical (unpaired) electrons. The molecule has 0 saturated carbocycles. The highest BCUT2D eigenvalue weighted by Gasteiger charge is 2.14. The second-order valence-corrected chi connectivity index (χ2v) is 5.71. The molecule has 0 aromatic heterocycles. The highest BCUT2D eigenvalue weighted by Crippen LogP contribution is 2.18. The second-order valence-electron chi connectivity index (χ2n) is 4.63. The Morgan fingerprint density at radius 2 is 1.88 bits per heavy atom. The molecule has 0 atom stereocenters. The van der Waals surface area contributed by atoms with E-state index in [4.69, 9.17) is 0 Å². The van der Waals surface area contributed by atoms with E-state index in [2.05, 4.69) is 64.6 Å². The predicted octanol–water partition coefficient (Wildman–Crippen LogP) is 2.35. The first-order valence-corrected chi connectivity index (χ1v) is 6.89. The molecule has 1 heterocycles. The zero-order valence-corrected chi connectivity index (χ0v) is 12.2. The van der Waals surface area contributed by atoms with Crippen LogP contribution in [0.15, 0.2) is 18.2 Å². The fourth-order valence-electron chi connectivity index (χ4n) is 2.08. The Labute approximate surface area is 112 Å². The van der Waals surface area contributed by atoms with Crippen molar-refractivity contribution >= 4 is 22.6 Å². The molecule has 0 N–H and O–H groups in total. The SMILES string of the molecule is Cc1cccc(CN2CCN(C)CC2)c1I. The van der Waals surface area contributed by atoms with Gasteiger partial charge in [-0.3, -0.25) is 4.90 Å². The molecule has 0 aliphatic carbocycles. The van der Waals surface area contributed by atoms with Crippen molar-refractivity contribution in [2.24, 2.45) is 0 Å². The average Bonchev–Trinajstić information content (AvgIpc) is 2.28. The van der Waals surface area contributed by atoms with Crippen LogP contribution >= 0.6 is 22.6 Å². The van der Waals surface area contributed by atoms with Crippen molar-refractivity contribution in [3.05, 3.63) is 32.9 Å². The Hall–Kier alpha value is -0.130. The topological polar surface area (TPSA) is 6.48 Å². The number of rotatable bonds is 2. The molecule has 1 fully saturated rings. The first-order chi connectivity index (χ1) is 7.66. The summed E-state index contributed by atoms with van der Waals surface area (Å²) in [5.74, 6) is 0. The molecular weight excluding hydrogens is 311 g/mol. The third kappa shape index (κ3) is 2.96. The third-order valence-corrected chi connectivity index (χ3v) is 4.81. The van der Waals surface area contributed by atoms with Crippen LogP contribution in [0, 0.1) is 10.5 Å². The van der Waals surface area contributed by atoms with Crippen molar-refractivity contribution in [3.63, 3.8) is 0 Å². The fourth-order valence-corrected chi connectivity index (χ4v) is 2.61. The first kappa shape index (κ1) is 12.3. The first-order valence-electron chi connectivity index (χ1n) is 5.81. The van der Waals surface area contributed by atoms with Gasteiger partial charge >= 0.3 is 0 Å². The van der Waals surface area contributed by atoms with Crippen molar-refractivity contribution in [2.75, 3.05) is 33.2 Å². The molecule has 0 bridgehead atoms. The Morgan fingerprint density at radius 3 is 2.56 bits per heavy atom. The van der Waals surface area contributed by atoms with Gasteiger partial charge in [0.1, 0.15) is 0 Å². The van der Waals surface area contributed by atoms with Gasteiger partial charge in [-0.15, -0.1) is 0 Å². The quantitative estimate of drug-likeness (QED) is 0.768. The van der Waals surface area contributed by atoms with Gasteiger partial charge in [-0.25, -0.2) is 0 Å². The lowest BCUT2D eigenvalue weighted by Gasteiger charge is -2.32. The minimum absolute atomic E-state index is 1.10. The van der Waals surface area contributed by atoms with Crippen LogP contribution in [0.2, 0.25) is 0 Å². The standard InChI is InChI=1S/C13H19IN2/c1-11-4-3-5-12(13(11)14)10-16-8-6-15(2)7-9-16/h3-5H,6-10H2,1-2H3. The number of aryl methyl sites for hydroxylation is 1. The summed E-state index contributed by atoms with van der Waals surface area (Å²) in [5, 5.41) is 0. The van der Waals surface area contributed by atoms with E-state index in [1.807, 2.05) is 0 Å². The van der Waals surface area contributed by atoms with Gasteiger partial charge in [0.15, 0.2) is 0 Å². The maximum absolute atomic E-state index is 2.55. The minimum atomic E-state index is 1.10. The summed E-state index contributed by atoms with van der Waals surface area (Å²) in [6.45, 7) is 8.08. The van der Waals surface area contributed by atoms with Gasteiger partial charge in [-0.05, 0) is 47.7 Å². The van der Waals surface area contributed by atoms with E-state index in [0.717, 1.165) is 6.54 Å². The van der Waals surface area contributed by atoms with E-state index >= 15 is 0 Å². The Morgan fingerprint density at radius 1 is 1.19 bits per heavy atom. The van der Waals surface area contributed by atoms with Crippen LogP contribution in [0.4, 0.5) is 0 Å². The molecule has 0 amide bonds. The molecule has 2 rings (SSSR count). The van der Waals surface area contributed by atoms with Gasteiger partial charge in [0, 0.05) is 36.3 Å². The van der Waals surface area contributed by atoms with Crippen molar-refractivity contribution in [3.8, 4) is 0 Å². The van der Waals surface area contributed by atoms with E-state index < -0.39 is 0 Å². The van der Waals surface area contributed by atoms with Gasteiger partial charge in [0.05, 0.1) is 0 Å². The summed E-state index contributed by atoms with van der Waals surface area (Å²) in [5.41, 5.74) is 2.87. The Bertz CT molecular complexity index is 357. The van der Waals surface area contributed by atoms with Crippen LogP contribution in [0.25, 0.3) is 0 Å². The largest absolute Gasteiger partial charge is 0.304 e. The summed E-state index contributed by atoms with van der Waals surface area (Å²) in [4.78, 5) is 4.95. The highest BCUT2D eigenvalue weighted by atomic mass is 127. The van der Waals surface area contributed by atoms with Crippen LogP contribution in [0.5, 0.6) is 0 Å². The zero-order chi connectivity index (χ0) is 11.5. The van der Waals surface area contributed by atoms with Crippen LogP contribution in [0.3, 0.4) is 0 Å². The Balaban J connectivity index is 2.01. The molecule has 1 aromatic rings. The monoisotopic (exact) mass is 330 g/mol. The molecule has 1 aliphatic heterocycles. The Kier molecular flexibility index (Phi) is 4.21. The molecule has 1 saturated heterocycles. The molecule has 88 valence electrons. The van der Waals surface area contributed by atoms with Crippen LogP contribution < -0.4 is 0 Å². The van der Waals surface area contributed by atoms with Crippen molar-refractivity contribution in [2.45, 2.75) is 13.5 Å². The van der Waals surface area contributed by atoms with Crippen LogP contribution in [-0.4, -0.2) is 43.0 Å². The minimum Gasteiger partial charge on any atom is -0.304 e. The molecular formula is C13H19IN2. The molecule has 1 aromatic carbocycles. The summed E-state index contributed by atoms with van der Waals surface area (Å²) >= 11 is 2.47. The molecule has 1 aliphatic rings. The van der Waals surface area contributed by atoms with E-state index in [9.17, 15) is 0 Å². The number of piperazine rings is 1. The van der Waals surface area contributed by atoms with Crippen molar-refractivity contribution in [1.29, 1.82) is 0 Å². The lowest BCUT2D eigenvalue weighted by Crippen LogP contribution is -2.44. The number of hydrogen-bond acceptors (Lipinski definition) is 2. The summed E-state index contributed by atoms with van der Waals surface area (Å²) in [6, 6.07) is 6.62. The number of benzene rings is 1. The average molecular weight is 330 g/mol. The third-order valence-electron chi connectivity index (χ3n) is 3.26. The fraction of sp³-hybridized carbons (Fsp3) is 0.538. The molecule has 2 nitrogen and oxygen atoms in total. The number of halogens is 1. The van der Waals surface area contributed by atoms with E-state index in [1.54, 1.807) is 0 Å². The van der Waals surface area contributed by atoms with Crippen LogP contribution in [-0.2, 0) is 6.54 Å². The maximum Gasteiger partial charge on any atom is 0.0245 e. The predicted molar refractivity (Wildman–Crippen MR) is 76.7 cm³/mol. The van der Waals surface area contributed by atoms with E-state index in [1.165, 1.54) is 40.9 Å². The van der Waals surface area contributed by atoms with Gasteiger partial charge in [0.25, 0.3) is 0 Å². The molecule has 0 spiro atoms. The summed E-state index contributed by atoms with van der Waals surface area (Å²) in [6.07, 6.45) is 0. The smallest absolute Gasteiger partial charge is 0.0245 e. The number of hydrogen-bond donors (Lipinski definition) is 0. The van der Waals surface area contributed by atoms with E-state index in [0.29, 0.717) is 0 Å². The summed E-state index contributed by atoms with van der Waals surface area (Å²) in [7, 11) is 2.20. The zero-order valence-electron chi connectivity index (χ0n) is 10.0. The second kappa shape index (κ2) is 5.47. The molecule has 16 heavy (non-hydrogen) atoms. The lowest BCUT2D eigenvalue weighted by atomic mass is 10.1. The van der Waals surface area contributed by atoms with Crippen LogP contribution in [0.1, 0.15) is 11.1 Å². The van der Waals surface area contributed by atoms with Gasteiger partial charge in [-0.1, -0.05) is 18.2 Å². The lowest BCUT2D eigenvalue weighted by molar-refractivity contribution is 0.148. The maximum atomic E-state index is 2.55. The van der Waals surface area contributed by atoms with Crippen molar-refractivity contribution < 1.29 is 0 Å². The van der Waals surface area contributed by atoms with Gasteiger partial charge < -0.3 is 4.90 Å². The normalized spacial score (nSPS) is 18.9. The number of nitrogens with zero attached hydrogens (tertiary/aromatic N) is 2. The van der Waals surface area contributed by atoms with Crippen molar-refractivity contribution in [1.82, 2.24) is 9.80 Å². The van der Waals surface area contributed by atoms with E-state index in [-0.39, 0.29) is 0 Å².